The Morgan fingerprint density at radius 1 is 1.42 bits per heavy atom. The number of ether oxygens (including phenoxy) is 2. The first-order valence-electron chi connectivity index (χ1n) is 6.45. The molecule has 1 N–H and O–H groups in total. The molecule has 1 aromatic rings. The van der Waals surface area contributed by atoms with Crippen LogP contribution in [0.5, 0.6) is 11.5 Å². The van der Waals surface area contributed by atoms with Gasteiger partial charge in [-0.05, 0) is 31.5 Å². The second-order valence-corrected chi connectivity index (χ2v) is 4.53. The van der Waals surface area contributed by atoms with E-state index in [0.29, 0.717) is 24.7 Å². The van der Waals surface area contributed by atoms with Gasteiger partial charge < -0.3 is 14.6 Å². The largest absolute Gasteiger partial charge is 0.493 e. The highest BCUT2D eigenvalue weighted by Crippen LogP contribution is 2.26. The van der Waals surface area contributed by atoms with Crippen LogP contribution in [0.25, 0.3) is 0 Å². The van der Waals surface area contributed by atoms with Gasteiger partial charge in [-0.3, -0.25) is 9.69 Å². The first-order valence-corrected chi connectivity index (χ1v) is 6.45. The summed E-state index contributed by atoms with van der Waals surface area (Å²) >= 11 is 0. The van der Waals surface area contributed by atoms with Crippen molar-refractivity contribution in [2.75, 3.05) is 26.8 Å². The molecule has 1 aliphatic rings. The molecule has 19 heavy (non-hydrogen) atoms. The highest BCUT2D eigenvalue weighted by Gasteiger charge is 2.29. The number of methoxy groups -OCH3 is 1. The first-order chi connectivity index (χ1) is 9.22. The predicted octanol–water partition coefficient (Wildman–Crippen LogP) is 1.62. The zero-order chi connectivity index (χ0) is 13.7. The molecule has 1 saturated heterocycles. The lowest BCUT2D eigenvalue weighted by Crippen LogP contribution is -2.38. The number of carboxylic acid groups (broad SMARTS) is 1. The Bertz CT molecular complexity index is 435. The lowest BCUT2D eigenvalue weighted by atomic mass is 10.2. The molecular formula is C14H19NO4. The van der Waals surface area contributed by atoms with Crippen molar-refractivity contribution in [3.05, 3.63) is 24.3 Å². The maximum absolute atomic E-state index is 11.0. The van der Waals surface area contributed by atoms with Gasteiger partial charge >= 0.3 is 5.97 Å². The monoisotopic (exact) mass is 265 g/mol. The fraction of sp³-hybridized carbons (Fsp3) is 0.500. The summed E-state index contributed by atoms with van der Waals surface area (Å²) in [5, 5.41) is 9.08. The molecule has 1 aliphatic heterocycles. The van der Waals surface area contributed by atoms with Gasteiger partial charge in [-0.2, -0.15) is 0 Å². The van der Waals surface area contributed by atoms with E-state index in [0.717, 1.165) is 19.4 Å². The van der Waals surface area contributed by atoms with E-state index in [2.05, 4.69) is 0 Å². The Balaban J connectivity index is 1.85. The highest BCUT2D eigenvalue weighted by atomic mass is 16.5. The minimum absolute atomic E-state index is 0.360. The van der Waals surface area contributed by atoms with Crippen molar-refractivity contribution in [3.8, 4) is 11.5 Å². The summed E-state index contributed by atoms with van der Waals surface area (Å²) in [4.78, 5) is 13.0. The number of carboxylic acids is 1. The van der Waals surface area contributed by atoms with Gasteiger partial charge in [-0.25, -0.2) is 0 Å². The van der Waals surface area contributed by atoms with Crippen LogP contribution in [0.3, 0.4) is 0 Å². The van der Waals surface area contributed by atoms with Crippen molar-refractivity contribution in [2.45, 2.75) is 18.9 Å². The lowest BCUT2D eigenvalue weighted by molar-refractivity contribution is -0.142. The topological polar surface area (TPSA) is 59.0 Å². The smallest absolute Gasteiger partial charge is 0.320 e. The predicted molar refractivity (Wildman–Crippen MR) is 70.7 cm³/mol. The molecule has 0 saturated carbocycles. The van der Waals surface area contributed by atoms with Gasteiger partial charge in [0.25, 0.3) is 0 Å². The zero-order valence-corrected chi connectivity index (χ0v) is 11.0. The van der Waals surface area contributed by atoms with Crippen LogP contribution in [0.15, 0.2) is 24.3 Å². The molecule has 1 aromatic carbocycles. The molecule has 1 atom stereocenters. The Kier molecular flexibility index (Phi) is 4.63. The van der Waals surface area contributed by atoms with E-state index < -0.39 is 5.97 Å². The van der Waals surface area contributed by atoms with E-state index in [1.54, 1.807) is 7.11 Å². The van der Waals surface area contributed by atoms with E-state index in [9.17, 15) is 4.79 Å². The van der Waals surface area contributed by atoms with Gasteiger partial charge in [-0.15, -0.1) is 0 Å². The minimum Gasteiger partial charge on any atom is -0.493 e. The molecule has 0 spiro atoms. The number of carbonyl (C=O) groups is 1. The van der Waals surface area contributed by atoms with Gasteiger partial charge in [0, 0.05) is 6.54 Å². The van der Waals surface area contributed by atoms with Gasteiger partial charge in [-0.1, -0.05) is 12.1 Å². The molecule has 0 aromatic heterocycles. The molecule has 1 heterocycles. The molecule has 0 radical (unpaired) electrons. The van der Waals surface area contributed by atoms with Crippen LogP contribution < -0.4 is 9.47 Å². The molecule has 5 nitrogen and oxygen atoms in total. The van der Waals surface area contributed by atoms with Gasteiger partial charge in [0.15, 0.2) is 11.5 Å². The number of aliphatic carboxylic acids is 1. The molecular weight excluding hydrogens is 246 g/mol. The van der Waals surface area contributed by atoms with Crippen molar-refractivity contribution in [1.82, 2.24) is 4.90 Å². The molecule has 2 rings (SSSR count). The summed E-state index contributed by atoms with van der Waals surface area (Å²) in [6, 6.07) is 7.09. The number of hydrogen-bond donors (Lipinski definition) is 1. The number of rotatable bonds is 6. The normalized spacial score (nSPS) is 19.3. The Morgan fingerprint density at radius 2 is 2.16 bits per heavy atom. The van der Waals surface area contributed by atoms with E-state index in [1.165, 1.54) is 0 Å². The summed E-state index contributed by atoms with van der Waals surface area (Å²) in [6.07, 6.45) is 1.66. The van der Waals surface area contributed by atoms with Crippen LogP contribution in [0.2, 0.25) is 0 Å². The van der Waals surface area contributed by atoms with Crippen molar-refractivity contribution in [2.24, 2.45) is 0 Å². The molecule has 0 unspecified atom stereocenters. The van der Waals surface area contributed by atoms with Crippen molar-refractivity contribution in [3.63, 3.8) is 0 Å². The van der Waals surface area contributed by atoms with E-state index in [-0.39, 0.29) is 6.04 Å². The summed E-state index contributed by atoms with van der Waals surface area (Å²) in [5.74, 6) is 0.643. The van der Waals surface area contributed by atoms with Gasteiger partial charge in [0.2, 0.25) is 0 Å². The van der Waals surface area contributed by atoms with Crippen LogP contribution in [-0.4, -0.2) is 48.8 Å². The summed E-state index contributed by atoms with van der Waals surface area (Å²) < 4.78 is 10.9. The third-order valence-electron chi connectivity index (χ3n) is 3.35. The quantitative estimate of drug-likeness (QED) is 0.847. The van der Waals surface area contributed by atoms with Crippen molar-refractivity contribution < 1.29 is 19.4 Å². The first kappa shape index (κ1) is 13.7. The molecule has 0 aliphatic carbocycles. The summed E-state index contributed by atoms with van der Waals surface area (Å²) in [7, 11) is 1.60. The second-order valence-electron chi connectivity index (χ2n) is 4.53. The number of para-hydroxylation sites is 2. The maximum atomic E-state index is 11.0. The van der Waals surface area contributed by atoms with Gasteiger partial charge in [0.1, 0.15) is 12.6 Å². The standard InChI is InChI=1S/C14H19NO4/c1-18-12-6-2-3-7-13(12)19-10-9-15-8-4-5-11(15)14(16)17/h2-3,6-7,11H,4-5,8-10H2,1H3,(H,16,17)/t11-/m0/s1. The van der Waals surface area contributed by atoms with Crippen LogP contribution in [0, 0.1) is 0 Å². The maximum Gasteiger partial charge on any atom is 0.320 e. The third kappa shape index (κ3) is 3.38. The Hall–Kier alpha value is -1.75. The third-order valence-corrected chi connectivity index (χ3v) is 3.35. The number of nitrogens with zero attached hydrogens (tertiary/aromatic N) is 1. The Morgan fingerprint density at radius 3 is 2.84 bits per heavy atom. The van der Waals surface area contributed by atoms with Crippen molar-refractivity contribution in [1.29, 1.82) is 0 Å². The fourth-order valence-corrected chi connectivity index (χ4v) is 2.38. The average Bonchev–Trinajstić information content (AvgIpc) is 2.88. The van der Waals surface area contributed by atoms with Crippen molar-refractivity contribution >= 4 is 5.97 Å². The molecule has 0 bridgehead atoms. The summed E-state index contributed by atoms with van der Waals surface area (Å²) in [6.45, 7) is 1.91. The average molecular weight is 265 g/mol. The molecule has 5 heteroatoms. The lowest BCUT2D eigenvalue weighted by Gasteiger charge is -2.21. The van der Waals surface area contributed by atoms with Crippen LogP contribution >= 0.6 is 0 Å². The van der Waals surface area contributed by atoms with Crippen LogP contribution in [0.4, 0.5) is 0 Å². The minimum atomic E-state index is -0.741. The van der Waals surface area contributed by atoms with E-state index in [4.69, 9.17) is 14.6 Å². The highest BCUT2D eigenvalue weighted by molar-refractivity contribution is 5.73. The van der Waals surface area contributed by atoms with E-state index in [1.807, 2.05) is 29.2 Å². The number of likely N-dealkylation sites (tertiary alicyclic amines) is 1. The summed E-state index contributed by atoms with van der Waals surface area (Å²) in [5.41, 5.74) is 0. The molecule has 104 valence electrons. The fourth-order valence-electron chi connectivity index (χ4n) is 2.38. The number of hydrogen-bond acceptors (Lipinski definition) is 4. The van der Waals surface area contributed by atoms with E-state index >= 15 is 0 Å². The second kappa shape index (κ2) is 6.43. The molecule has 0 amide bonds. The molecule has 1 fully saturated rings. The van der Waals surface area contributed by atoms with Crippen LogP contribution in [0.1, 0.15) is 12.8 Å². The SMILES string of the molecule is COc1ccccc1OCCN1CCC[C@H]1C(=O)O. The van der Waals surface area contributed by atoms with Crippen LogP contribution in [-0.2, 0) is 4.79 Å². The zero-order valence-electron chi connectivity index (χ0n) is 11.0. The Labute approximate surface area is 112 Å². The number of benzene rings is 1. The van der Waals surface area contributed by atoms with Gasteiger partial charge in [0.05, 0.1) is 7.11 Å².